The fourth-order valence-electron chi connectivity index (χ4n) is 3.83. The van der Waals surface area contributed by atoms with Gasteiger partial charge in [0.2, 0.25) is 0 Å². The number of H-pyrrole nitrogens is 1. The molecule has 0 amide bonds. The molecule has 0 atom stereocenters. The van der Waals surface area contributed by atoms with Crippen LogP contribution in [0, 0.1) is 5.82 Å². The Morgan fingerprint density at radius 2 is 1.88 bits per heavy atom. The van der Waals surface area contributed by atoms with Gasteiger partial charge in [-0.1, -0.05) is 36.4 Å². The molecule has 0 aliphatic carbocycles. The quantitative estimate of drug-likeness (QED) is 0.428. The van der Waals surface area contributed by atoms with Gasteiger partial charge in [0.25, 0.3) is 5.56 Å². The van der Waals surface area contributed by atoms with E-state index in [2.05, 4.69) is 9.97 Å². The summed E-state index contributed by atoms with van der Waals surface area (Å²) in [6, 6.07) is 15.9. The van der Waals surface area contributed by atoms with Crippen LogP contribution in [0.1, 0.15) is 11.1 Å². The molecular formula is C24H24FN5O3. The number of benzene rings is 2. The number of methoxy groups -OCH3 is 1. The zero-order chi connectivity index (χ0) is 23.4. The van der Waals surface area contributed by atoms with Gasteiger partial charge in [-0.3, -0.25) is 19.3 Å². The molecule has 9 heteroatoms. The number of halogens is 1. The summed E-state index contributed by atoms with van der Waals surface area (Å²) in [6.07, 6.45) is 1.60. The summed E-state index contributed by atoms with van der Waals surface area (Å²) < 4.78 is 20.7. The maximum absolute atomic E-state index is 14.3. The van der Waals surface area contributed by atoms with Gasteiger partial charge in [-0.15, -0.1) is 0 Å². The third kappa shape index (κ3) is 4.63. The van der Waals surface area contributed by atoms with E-state index in [1.807, 2.05) is 30.3 Å². The Kier molecular flexibility index (Phi) is 6.50. The lowest BCUT2D eigenvalue weighted by Crippen LogP contribution is -2.38. The van der Waals surface area contributed by atoms with E-state index in [0.29, 0.717) is 17.4 Å². The highest BCUT2D eigenvalue weighted by Crippen LogP contribution is 2.26. The van der Waals surface area contributed by atoms with Crippen LogP contribution in [0.15, 0.2) is 70.4 Å². The van der Waals surface area contributed by atoms with Crippen molar-refractivity contribution in [3.63, 3.8) is 0 Å². The smallest absolute Gasteiger partial charge is 0.330 e. The lowest BCUT2D eigenvalue weighted by molar-refractivity contribution is 0.186. The molecule has 0 aliphatic rings. The zero-order valence-corrected chi connectivity index (χ0v) is 18.1. The van der Waals surface area contributed by atoms with E-state index in [1.165, 1.54) is 17.7 Å². The summed E-state index contributed by atoms with van der Waals surface area (Å²) in [5.41, 5.74) is 7.45. The van der Waals surface area contributed by atoms with Crippen LogP contribution in [0.2, 0.25) is 0 Å². The van der Waals surface area contributed by atoms with Gasteiger partial charge in [0, 0.05) is 31.8 Å². The molecule has 0 spiro atoms. The highest BCUT2D eigenvalue weighted by molar-refractivity contribution is 5.82. The van der Waals surface area contributed by atoms with Crippen LogP contribution in [-0.2, 0) is 24.4 Å². The fraction of sp³-hybridized carbons (Fsp3) is 0.208. The van der Waals surface area contributed by atoms with E-state index in [1.54, 1.807) is 29.3 Å². The van der Waals surface area contributed by atoms with Crippen molar-refractivity contribution in [2.75, 3.05) is 24.4 Å². The molecule has 33 heavy (non-hydrogen) atoms. The largest absolute Gasteiger partial charge is 0.383 e. The number of hydrogen-bond donors (Lipinski definition) is 2. The number of fused-ring (bicyclic) bond motifs is 1. The van der Waals surface area contributed by atoms with Gasteiger partial charge >= 0.3 is 5.69 Å². The Bertz CT molecular complexity index is 1380. The first kappa shape index (κ1) is 22.2. The molecule has 0 saturated heterocycles. The Labute approximate surface area is 189 Å². The van der Waals surface area contributed by atoms with Crippen LogP contribution < -0.4 is 21.9 Å². The van der Waals surface area contributed by atoms with Crippen molar-refractivity contribution in [3.05, 3.63) is 98.6 Å². The van der Waals surface area contributed by atoms with Gasteiger partial charge < -0.3 is 15.4 Å². The topological polar surface area (TPSA) is 106 Å². The van der Waals surface area contributed by atoms with Crippen LogP contribution in [0.25, 0.3) is 10.9 Å². The lowest BCUT2D eigenvalue weighted by atomic mass is 10.1. The number of nitrogen functional groups attached to an aromatic ring is 1. The van der Waals surface area contributed by atoms with Gasteiger partial charge in [-0.05, 0) is 29.3 Å². The maximum atomic E-state index is 14.3. The highest BCUT2D eigenvalue weighted by atomic mass is 19.1. The van der Waals surface area contributed by atoms with E-state index < -0.39 is 11.2 Å². The van der Waals surface area contributed by atoms with Gasteiger partial charge in [0.15, 0.2) is 0 Å². The van der Waals surface area contributed by atoms with E-state index in [0.717, 1.165) is 11.1 Å². The van der Waals surface area contributed by atoms with Crippen molar-refractivity contribution >= 4 is 22.4 Å². The molecular weight excluding hydrogens is 425 g/mol. The van der Waals surface area contributed by atoms with Crippen LogP contribution in [0.4, 0.5) is 15.9 Å². The minimum atomic E-state index is -0.605. The van der Waals surface area contributed by atoms with E-state index in [9.17, 15) is 14.0 Å². The summed E-state index contributed by atoms with van der Waals surface area (Å²) in [5, 5.41) is 0.390. The van der Waals surface area contributed by atoms with Gasteiger partial charge in [0.1, 0.15) is 17.3 Å². The molecule has 170 valence electrons. The third-order valence-corrected chi connectivity index (χ3v) is 5.43. The summed E-state index contributed by atoms with van der Waals surface area (Å²) in [6.45, 7) is 0.993. The minimum Gasteiger partial charge on any atom is -0.383 e. The SMILES string of the molecule is COCCn1c(N)c(N(Cc2ccccc2)Cc2ccc(F)c3cccnc23)c(=O)[nH]c1=O. The number of aromatic nitrogens is 3. The summed E-state index contributed by atoms with van der Waals surface area (Å²) in [5.74, 6) is -0.335. The molecule has 4 rings (SSSR count). The number of nitrogens with one attached hydrogen (secondary N) is 1. The summed E-state index contributed by atoms with van der Waals surface area (Å²) >= 11 is 0. The molecule has 2 heterocycles. The van der Waals surface area contributed by atoms with Crippen LogP contribution >= 0.6 is 0 Å². The molecule has 0 bridgehead atoms. The van der Waals surface area contributed by atoms with Gasteiger partial charge in [0.05, 0.1) is 18.7 Å². The highest BCUT2D eigenvalue weighted by Gasteiger charge is 2.21. The average molecular weight is 449 g/mol. The first-order valence-corrected chi connectivity index (χ1v) is 10.4. The number of anilines is 2. The van der Waals surface area contributed by atoms with Crippen LogP contribution in [0.3, 0.4) is 0 Å². The van der Waals surface area contributed by atoms with Crippen molar-refractivity contribution < 1.29 is 9.13 Å². The number of ether oxygens (including phenoxy) is 1. The minimum absolute atomic E-state index is 0.0381. The van der Waals surface area contributed by atoms with Crippen LogP contribution in [-0.4, -0.2) is 28.3 Å². The van der Waals surface area contributed by atoms with E-state index >= 15 is 0 Å². The summed E-state index contributed by atoms with van der Waals surface area (Å²) in [4.78, 5) is 33.8. The van der Waals surface area contributed by atoms with Crippen molar-refractivity contribution in [1.29, 1.82) is 0 Å². The predicted octanol–water partition coefficient (Wildman–Crippen LogP) is 2.66. The first-order chi connectivity index (χ1) is 16.0. The molecule has 0 radical (unpaired) electrons. The standard InChI is InChI=1S/C24H24FN5O3/c1-33-13-12-30-22(26)21(23(31)28-24(30)32)29(14-16-6-3-2-4-7-16)15-17-9-10-19(25)18-8-5-11-27-20(17)18/h2-11H,12-15,26H2,1H3,(H,28,31,32). The number of pyridine rings is 1. The monoisotopic (exact) mass is 449 g/mol. The number of nitrogens with two attached hydrogens (primary N) is 1. The molecule has 0 unspecified atom stereocenters. The Morgan fingerprint density at radius 3 is 2.64 bits per heavy atom. The Balaban J connectivity index is 1.85. The second-order valence-corrected chi connectivity index (χ2v) is 7.59. The molecule has 4 aromatic rings. The molecule has 2 aromatic heterocycles. The predicted molar refractivity (Wildman–Crippen MR) is 126 cm³/mol. The second-order valence-electron chi connectivity index (χ2n) is 7.59. The van der Waals surface area contributed by atoms with Crippen molar-refractivity contribution in [3.8, 4) is 0 Å². The molecule has 0 fully saturated rings. The zero-order valence-electron chi connectivity index (χ0n) is 18.1. The molecule has 0 aliphatic heterocycles. The molecule has 3 N–H and O–H groups in total. The first-order valence-electron chi connectivity index (χ1n) is 10.4. The lowest BCUT2D eigenvalue weighted by Gasteiger charge is -2.27. The fourth-order valence-corrected chi connectivity index (χ4v) is 3.83. The number of nitrogens with zero attached hydrogens (tertiary/aromatic N) is 3. The normalized spacial score (nSPS) is 11.1. The maximum Gasteiger partial charge on any atom is 0.330 e. The van der Waals surface area contributed by atoms with Crippen molar-refractivity contribution in [1.82, 2.24) is 14.5 Å². The molecule has 0 saturated carbocycles. The van der Waals surface area contributed by atoms with Gasteiger partial charge in [-0.2, -0.15) is 0 Å². The van der Waals surface area contributed by atoms with Gasteiger partial charge in [-0.25, -0.2) is 9.18 Å². The Morgan fingerprint density at radius 1 is 1.09 bits per heavy atom. The van der Waals surface area contributed by atoms with E-state index in [-0.39, 0.29) is 37.0 Å². The van der Waals surface area contributed by atoms with E-state index in [4.69, 9.17) is 10.5 Å². The summed E-state index contributed by atoms with van der Waals surface area (Å²) in [7, 11) is 1.52. The number of hydrogen-bond acceptors (Lipinski definition) is 6. The van der Waals surface area contributed by atoms with Crippen molar-refractivity contribution in [2.45, 2.75) is 19.6 Å². The average Bonchev–Trinajstić information content (AvgIpc) is 2.81. The number of aromatic amines is 1. The number of rotatable bonds is 8. The van der Waals surface area contributed by atoms with Crippen LogP contribution in [0.5, 0.6) is 0 Å². The Hall–Kier alpha value is -3.98. The third-order valence-electron chi connectivity index (χ3n) is 5.43. The molecule has 2 aromatic carbocycles. The second kappa shape index (κ2) is 9.66. The van der Waals surface area contributed by atoms with Crippen molar-refractivity contribution in [2.24, 2.45) is 0 Å². The molecule has 8 nitrogen and oxygen atoms in total.